The van der Waals surface area contributed by atoms with E-state index in [1.165, 1.54) is 21.5 Å². The largest absolute Gasteiger partial charge is 0.455 e. The van der Waals surface area contributed by atoms with E-state index in [-0.39, 0.29) is 0 Å². The van der Waals surface area contributed by atoms with Gasteiger partial charge in [-0.3, -0.25) is 0 Å². The number of para-hydroxylation sites is 3. The minimum Gasteiger partial charge on any atom is -0.455 e. The van der Waals surface area contributed by atoms with Gasteiger partial charge in [0.1, 0.15) is 11.2 Å². The van der Waals surface area contributed by atoms with Gasteiger partial charge in [0.2, 0.25) is 0 Å². The van der Waals surface area contributed by atoms with E-state index in [4.69, 9.17) is 19.4 Å². The van der Waals surface area contributed by atoms with Crippen LogP contribution in [0.3, 0.4) is 0 Å². The molecule has 0 unspecified atom stereocenters. The maximum atomic E-state index is 7.14. The number of hydrogen-bond acceptors (Lipinski definition) is 4. The van der Waals surface area contributed by atoms with Crippen LogP contribution in [0.5, 0.6) is 0 Å². The molecule has 6 nitrogen and oxygen atoms in total. The van der Waals surface area contributed by atoms with Gasteiger partial charge in [0.05, 0.1) is 27.6 Å². The molecule has 15 aromatic rings. The quantitative estimate of drug-likeness (QED) is 0.173. The van der Waals surface area contributed by atoms with Crippen LogP contribution >= 0.6 is 0 Å². The minimum atomic E-state index is 0.524. The standard InChI is InChI=1S/C63H37N5O/c1-2-19-45(20-3-1)67-55-24-12-10-22-48(55)51-34-44(29-31-57(51)67)62-64-61(43-27-26-38-14-4-5-16-40(38)32-43)65-63(66-62)54-37-46(36-53-50-30-28-39-15-8-9-21-47(39)59(50)69-60(53)54)68-56-25-13-11-23-49(56)52-33-41-17-6-7-18-42(41)35-58(52)68/h1-37H. The van der Waals surface area contributed by atoms with E-state index >= 15 is 0 Å². The van der Waals surface area contributed by atoms with Gasteiger partial charge in [0.25, 0.3) is 0 Å². The lowest BCUT2D eigenvalue weighted by Gasteiger charge is -2.13. The fourth-order valence-electron chi connectivity index (χ4n) is 10.9. The van der Waals surface area contributed by atoms with E-state index in [1.54, 1.807) is 0 Å². The summed E-state index contributed by atoms with van der Waals surface area (Å²) in [6, 6.07) is 79.8. The summed E-state index contributed by atoms with van der Waals surface area (Å²) in [5.74, 6) is 1.68. The van der Waals surface area contributed by atoms with E-state index in [1.807, 2.05) is 0 Å². The first-order chi connectivity index (χ1) is 34.2. The monoisotopic (exact) mass is 879 g/mol. The Labute approximate surface area is 394 Å². The van der Waals surface area contributed by atoms with Gasteiger partial charge in [0.15, 0.2) is 17.5 Å². The number of aromatic nitrogens is 5. The van der Waals surface area contributed by atoms with E-state index < -0.39 is 0 Å². The molecule has 0 radical (unpaired) electrons. The van der Waals surface area contributed by atoms with Gasteiger partial charge >= 0.3 is 0 Å². The van der Waals surface area contributed by atoms with Crippen molar-refractivity contribution in [1.82, 2.24) is 24.1 Å². The molecule has 69 heavy (non-hydrogen) atoms. The summed E-state index contributed by atoms with van der Waals surface area (Å²) in [7, 11) is 0. The zero-order chi connectivity index (χ0) is 45.2. The lowest BCUT2D eigenvalue weighted by molar-refractivity contribution is 0.673. The van der Waals surface area contributed by atoms with Gasteiger partial charge in [-0.05, 0) is 106 Å². The van der Waals surface area contributed by atoms with Crippen molar-refractivity contribution in [2.45, 2.75) is 0 Å². The zero-order valence-electron chi connectivity index (χ0n) is 37.0. The average Bonchev–Trinajstić information content (AvgIpc) is 4.07. The van der Waals surface area contributed by atoms with Gasteiger partial charge in [-0.15, -0.1) is 0 Å². The van der Waals surface area contributed by atoms with Crippen LogP contribution in [0.4, 0.5) is 0 Å². The van der Waals surface area contributed by atoms with Gasteiger partial charge in [-0.2, -0.15) is 0 Å². The van der Waals surface area contributed by atoms with Crippen molar-refractivity contribution in [3.8, 4) is 45.5 Å². The second-order valence-corrected chi connectivity index (χ2v) is 18.0. The molecule has 0 spiro atoms. The van der Waals surface area contributed by atoms with Crippen LogP contribution < -0.4 is 0 Å². The Morgan fingerprint density at radius 2 is 0.812 bits per heavy atom. The maximum Gasteiger partial charge on any atom is 0.167 e. The maximum absolute atomic E-state index is 7.14. The van der Waals surface area contributed by atoms with E-state index in [2.05, 4.69) is 234 Å². The summed E-state index contributed by atoms with van der Waals surface area (Å²) < 4.78 is 11.9. The van der Waals surface area contributed by atoms with Crippen molar-refractivity contribution in [3.63, 3.8) is 0 Å². The van der Waals surface area contributed by atoms with Crippen molar-refractivity contribution >= 4 is 97.9 Å². The summed E-state index contributed by atoms with van der Waals surface area (Å²) in [5.41, 5.74) is 10.7. The first kappa shape index (κ1) is 37.8. The first-order valence-corrected chi connectivity index (χ1v) is 23.3. The summed E-state index contributed by atoms with van der Waals surface area (Å²) >= 11 is 0. The lowest BCUT2D eigenvalue weighted by Crippen LogP contribution is -2.02. The Balaban J connectivity index is 1.04. The fraction of sp³-hybridized carbons (Fsp3) is 0. The summed E-state index contributed by atoms with van der Waals surface area (Å²) in [6.45, 7) is 0. The van der Waals surface area contributed by atoms with Gasteiger partial charge < -0.3 is 13.6 Å². The van der Waals surface area contributed by atoms with E-state index in [0.717, 1.165) is 104 Å². The molecule has 0 aliphatic heterocycles. The average molecular weight is 880 g/mol. The predicted molar refractivity (Wildman–Crippen MR) is 285 cm³/mol. The Morgan fingerprint density at radius 3 is 1.57 bits per heavy atom. The van der Waals surface area contributed by atoms with E-state index in [9.17, 15) is 0 Å². The molecule has 11 aromatic carbocycles. The lowest BCUT2D eigenvalue weighted by atomic mass is 10.0. The molecule has 4 heterocycles. The highest BCUT2D eigenvalue weighted by Crippen LogP contribution is 2.43. The summed E-state index contributed by atoms with van der Waals surface area (Å²) in [5, 5.41) is 13.5. The second kappa shape index (κ2) is 14.6. The van der Waals surface area contributed by atoms with Crippen LogP contribution in [0.25, 0.3) is 143 Å². The third-order valence-corrected chi connectivity index (χ3v) is 14.1. The zero-order valence-corrected chi connectivity index (χ0v) is 37.0. The number of benzene rings is 11. The van der Waals surface area contributed by atoms with Gasteiger partial charge in [-0.25, -0.2) is 15.0 Å². The van der Waals surface area contributed by atoms with Gasteiger partial charge in [0, 0.05) is 60.2 Å². The van der Waals surface area contributed by atoms with E-state index in [0.29, 0.717) is 17.5 Å². The molecular weight excluding hydrogens is 843 g/mol. The number of nitrogens with zero attached hydrogens (tertiary/aromatic N) is 5. The Kier molecular flexibility index (Phi) is 7.97. The molecule has 15 rings (SSSR count). The number of furan rings is 1. The Hall–Kier alpha value is -9.39. The van der Waals surface area contributed by atoms with Crippen LogP contribution in [0.2, 0.25) is 0 Å². The van der Waals surface area contributed by atoms with Crippen LogP contribution in [0.1, 0.15) is 0 Å². The molecule has 0 atom stereocenters. The highest BCUT2D eigenvalue weighted by Gasteiger charge is 2.23. The van der Waals surface area contributed by atoms with Crippen molar-refractivity contribution in [2.24, 2.45) is 0 Å². The molecule has 0 fully saturated rings. The number of hydrogen-bond donors (Lipinski definition) is 0. The minimum absolute atomic E-state index is 0.524. The normalized spacial score (nSPS) is 12.1. The van der Waals surface area contributed by atoms with Crippen molar-refractivity contribution < 1.29 is 4.42 Å². The molecule has 0 N–H and O–H groups in total. The highest BCUT2D eigenvalue weighted by atomic mass is 16.3. The molecule has 4 aromatic heterocycles. The highest BCUT2D eigenvalue weighted by molar-refractivity contribution is 6.19. The third kappa shape index (κ3) is 5.76. The predicted octanol–water partition coefficient (Wildman–Crippen LogP) is 16.4. The molecule has 0 saturated heterocycles. The molecule has 0 aliphatic carbocycles. The van der Waals surface area contributed by atoms with Crippen LogP contribution in [0.15, 0.2) is 229 Å². The molecule has 0 amide bonds. The molecule has 0 saturated carbocycles. The van der Waals surface area contributed by atoms with Crippen molar-refractivity contribution in [2.75, 3.05) is 0 Å². The summed E-state index contributed by atoms with van der Waals surface area (Å²) in [6.07, 6.45) is 0. The SMILES string of the molecule is c1ccc(-n2c3ccccc3c3cc(-c4nc(-c5ccc6ccccc6c5)nc(-c5cc(-n6c7ccccc7c7cc8ccccc8cc76)cc6c5oc5c7ccccc7ccc65)n4)ccc32)cc1. The second-order valence-electron chi connectivity index (χ2n) is 18.0. The number of fused-ring (bicyclic) bond motifs is 13. The topological polar surface area (TPSA) is 61.7 Å². The molecule has 6 heteroatoms. The Morgan fingerprint density at radius 1 is 0.275 bits per heavy atom. The molecule has 0 bridgehead atoms. The first-order valence-electron chi connectivity index (χ1n) is 23.3. The molecular formula is C63H37N5O. The van der Waals surface area contributed by atoms with Crippen LogP contribution in [0, 0.1) is 0 Å². The third-order valence-electron chi connectivity index (χ3n) is 14.1. The summed E-state index contributed by atoms with van der Waals surface area (Å²) in [4.78, 5) is 16.3. The smallest absolute Gasteiger partial charge is 0.167 e. The van der Waals surface area contributed by atoms with Crippen LogP contribution in [-0.2, 0) is 0 Å². The molecule has 320 valence electrons. The van der Waals surface area contributed by atoms with Crippen molar-refractivity contribution in [3.05, 3.63) is 224 Å². The van der Waals surface area contributed by atoms with Crippen molar-refractivity contribution in [1.29, 1.82) is 0 Å². The van der Waals surface area contributed by atoms with Gasteiger partial charge in [-0.1, -0.05) is 146 Å². The number of rotatable bonds is 5. The van der Waals surface area contributed by atoms with Crippen LogP contribution in [-0.4, -0.2) is 24.1 Å². The molecule has 0 aliphatic rings. The Bertz CT molecular complexity index is 4620. The fourth-order valence-corrected chi connectivity index (χ4v) is 10.9.